The van der Waals surface area contributed by atoms with Crippen LogP contribution in [0.1, 0.15) is 336 Å². The summed E-state index contributed by atoms with van der Waals surface area (Å²) in [5, 5.41) is 10.7. The molecule has 0 saturated heterocycles. The van der Waals surface area contributed by atoms with Crippen molar-refractivity contribution in [2.75, 3.05) is 39.6 Å². The molecule has 0 bridgehead atoms. The molecule has 0 saturated carbocycles. The number of phosphoric ester groups is 2. The third-order valence-corrected chi connectivity index (χ3v) is 19.1. The highest BCUT2D eigenvalue weighted by molar-refractivity contribution is 7.47. The van der Waals surface area contributed by atoms with E-state index in [-0.39, 0.29) is 25.7 Å². The fourth-order valence-corrected chi connectivity index (χ4v) is 12.4. The number of hydrogen-bond acceptors (Lipinski definition) is 15. The normalized spacial score (nSPS) is 14.5. The predicted molar refractivity (Wildman–Crippen MR) is 445 cm³/mol. The average molecular weight is 1550 g/mol. The third-order valence-electron chi connectivity index (χ3n) is 17.2. The average Bonchev–Trinajstić information content (AvgIpc) is 0.905. The Morgan fingerprint density at radius 1 is 0.269 bits per heavy atom. The Morgan fingerprint density at radius 3 is 0.778 bits per heavy atom. The molecule has 0 aliphatic rings. The van der Waals surface area contributed by atoms with E-state index in [4.69, 9.17) is 37.0 Å². The first kappa shape index (κ1) is 103. The second kappa shape index (κ2) is 80.0. The van der Waals surface area contributed by atoms with Gasteiger partial charge in [0, 0.05) is 25.7 Å². The number of carbonyl (C=O) groups is 4. The number of carbonyl (C=O) groups excluding carboxylic acids is 4. The Balaban J connectivity index is 5.41. The maximum absolute atomic E-state index is 13.1. The molecule has 618 valence electrons. The van der Waals surface area contributed by atoms with Crippen LogP contribution in [0.3, 0.4) is 0 Å². The number of aliphatic hydroxyl groups is 1. The van der Waals surface area contributed by atoms with Gasteiger partial charge in [0.15, 0.2) is 12.2 Å². The highest BCUT2D eigenvalue weighted by atomic mass is 31.2. The number of unbranched alkanes of at least 4 members (excludes halogenated alkanes) is 28. The second-order valence-corrected chi connectivity index (χ2v) is 30.6. The van der Waals surface area contributed by atoms with Gasteiger partial charge in [-0.15, -0.1) is 0 Å². The number of esters is 4. The smallest absolute Gasteiger partial charge is 0.462 e. The SMILES string of the molecule is CC/C=C\C/C=C\C/C=C\C/C=C\CCCCCCC(=O)OC(COC(=O)CCCCCCCC/C=C\C/C=C\C/C=C\CCCCC)COP(=O)(O)OCC(O)COP(=O)(O)OCC(COC(=O)CCCCCCCC/C=C\C/C=C\C/C=C\CCCCC)OC(=O)CCCCCCC/C=C\C/C=C\CCC. The first-order valence-corrected chi connectivity index (χ1v) is 45.1. The first-order chi connectivity index (χ1) is 52.7. The van der Waals surface area contributed by atoms with Crippen LogP contribution >= 0.6 is 15.6 Å². The lowest BCUT2D eigenvalue weighted by Gasteiger charge is -2.21. The van der Waals surface area contributed by atoms with Crippen LogP contribution in [0.15, 0.2) is 146 Å². The molecule has 0 aliphatic heterocycles. The van der Waals surface area contributed by atoms with E-state index in [1.165, 1.54) is 38.5 Å². The maximum atomic E-state index is 13.1. The zero-order chi connectivity index (χ0) is 78.9. The Bertz CT molecular complexity index is 2610. The van der Waals surface area contributed by atoms with Crippen molar-refractivity contribution in [3.63, 3.8) is 0 Å². The summed E-state index contributed by atoms with van der Waals surface area (Å²) in [5.41, 5.74) is 0. The van der Waals surface area contributed by atoms with E-state index in [1.54, 1.807) is 0 Å². The van der Waals surface area contributed by atoms with Crippen molar-refractivity contribution in [1.82, 2.24) is 0 Å². The number of aliphatic hydroxyl groups excluding tert-OH is 1. The molecular weight excluding hydrogens is 1400 g/mol. The zero-order valence-corrected chi connectivity index (χ0v) is 69.5. The number of hydrogen-bond donors (Lipinski definition) is 3. The predicted octanol–water partition coefficient (Wildman–Crippen LogP) is 25.0. The fraction of sp³-hybridized carbons (Fsp3) is 0.685. The molecule has 5 unspecified atom stereocenters. The molecule has 0 fully saturated rings. The largest absolute Gasteiger partial charge is 0.472 e. The Hall–Kier alpha value is -5.06. The summed E-state index contributed by atoms with van der Waals surface area (Å²) >= 11 is 0. The monoisotopic (exact) mass is 1550 g/mol. The number of ether oxygens (including phenoxy) is 4. The van der Waals surface area contributed by atoms with Crippen LogP contribution in [0.25, 0.3) is 0 Å². The lowest BCUT2D eigenvalue weighted by atomic mass is 10.1. The summed E-state index contributed by atoms with van der Waals surface area (Å²) in [5.74, 6) is -2.24. The minimum absolute atomic E-state index is 0.0596. The van der Waals surface area contributed by atoms with Gasteiger partial charge >= 0.3 is 39.5 Å². The molecule has 0 aromatic heterocycles. The molecule has 17 nitrogen and oxygen atoms in total. The summed E-state index contributed by atoms with van der Waals surface area (Å²) < 4.78 is 68.7. The molecule has 108 heavy (non-hydrogen) atoms. The fourth-order valence-electron chi connectivity index (χ4n) is 10.9. The number of rotatable bonds is 78. The van der Waals surface area contributed by atoms with E-state index in [9.17, 15) is 43.2 Å². The van der Waals surface area contributed by atoms with Crippen LogP contribution in [-0.4, -0.2) is 96.7 Å². The van der Waals surface area contributed by atoms with Crippen LogP contribution < -0.4 is 0 Å². The summed E-state index contributed by atoms with van der Waals surface area (Å²) in [7, 11) is -9.99. The van der Waals surface area contributed by atoms with Crippen molar-refractivity contribution < 1.29 is 80.2 Å². The molecule has 0 aromatic carbocycles. The number of allylic oxidation sites excluding steroid dienone is 24. The van der Waals surface area contributed by atoms with Gasteiger partial charge in [0.1, 0.15) is 19.3 Å². The van der Waals surface area contributed by atoms with E-state index in [0.717, 1.165) is 218 Å². The van der Waals surface area contributed by atoms with Crippen LogP contribution in [-0.2, 0) is 65.4 Å². The second-order valence-electron chi connectivity index (χ2n) is 27.7. The summed E-state index contributed by atoms with van der Waals surface area (Å²) in [6.45, 7) is 4.59. The van der Waals surface area contributed by atoms with E-state index in [0.29, 0.717) is 25.7 Å². The van der Waals surface area contributed by atoms with Gasteiger partial charge in [-0.2, -0.15) is 0 Å². The molecular formula is C89H150O17P2. The topological polar surface area (TPSA) is 237 Å². The van der Waals surface area contributed by atoms with Crippen molar-refractivity contribution in [2.45, 2.75) is 354 Å². The van der Waals surface area contributed by atoms with E-state index in [1.807, 2.05) is 0 Å². The molecule has 19 heteroatoms. The third kappa shape index (κ3) is 79.0. The quantitative estimate of drug-likeness (QED) is 0.0169. The first-order valence-electron chi connectivity index (χ1n) is 42.1. The van der Waals surface area contributed by atoms with E-state index in [2.05, 4.69) is 174 Å². The van der Waals surface area contributed by atoms with Crippen molar-refractivity contribution in [3.8, 4) is 0 Å². The van der Waals surface area contributed by atoms with Crippen molar-refractivity contribution in [3.05, 3.63) is 146 Å². The minimum atomic E-state index is -5.00. The van der Waals surface area contributed by atoms with Gasteiger partial charge in [0.05, 0.1) is 26.4 Å². The molecule has 0 aromatic rings. The van der Waals surface area contributed by atoms with Crippen molar-refractivity contribution in [2.24, 2.45) is 0 Å². The van der Waals surface area contributed by atoms with Crippen molar-refractivity contribution in [1.29, 1.82) is 0 Å². The molecule has 0 amide bonds. The highest BCUT2D eigenvalue weighted by Gasteiger charge is 2.30. The van der Waals surface area contributed by atoms with Gasteiger partial charge in [-0.1, -0.05) is 289 Å². The molecule has 0 spiro atoms. The van der Waals surface area contributed by atoms with Crippen LogP contribution in [0.4, 0.5) is 0 Å². The molecule has 0 heterocycles. The summed E-state index contributed by atoms with van der Waals surface area (Å²) in [6.07, 6.45) is 92.3. The lowest BCUT2D eigenvalue weighted by Crippen LogP contribution is -2.30. The molecule has 0 aliphatic carbocycles. The van der Waals surface area contributed by atoms with E-state index >= 15 is 0 Å². The summed E-state index contributed by atoms with van der Waals surface area (Å²) in [4.78, 5) is 73.2. The van der Waals surface area contributed by atoms with E-state index < -0.39 is 97.5 Å². The van der Waals surface area contributed by atoms with Gasteiger partial charge in [-0.25, -0.2) is 9.13 Å². The minimum Gasteiger partial charge on any atom is -0.462 e. The van der Waals surface area contributed by atoms with Gasteiger partial charge in [-0.3, -0.25) is 37.3 Å². The Labute approximate surface area is 656 Å². The van der Waals surface area contributed by atoms with Gasteiger partial charge in [0.25, 0.3) is 0 Å². The molecule has 0 radical (unpaired) electrons. The zero-order valence-electron chi connectivity index (χ0n) is 67.7. The molecule has 5 atom stereocenters. The van der Waals surface area contributed by atoms with Gasteiger partial charge < -0.3 is 33.8 Å². The maximum Gasteiger partial charge on any atom is 0.472 e. The van der Waals surface area contributed by atoms with Crippen LogP contribution in [0.5, 0.6) is 0 Å². The van der Waals surface area contributed by atoms with Crippen LogP contribution in [0.2, 0.25) is 0 Å². The Morgan fingerprint density at radius 2 is 0.500 bits per heavy atom. The number of phosphoric acid groups is 2. The van der Waals surface area contributed by atoms with Crippen molar-refractivity contribution >= 4 is 39.5 Å². The summed E-state index contributed by atoms with van der Waals surface area (Å²) in [6, 6.07) is 0. The van der Waals surface area contributed by atoms with Crippen LogP contribution in [0, 0.1) is 0 Å². The van der Waals surface area contributed by atoms with Gasteiger partial charge in [-0.05, 0) is 167 Å². The highest BCUT2D eigenvalue weighted by Crippen LogP contribution is 2.45. The van der Waals surface area contributed by atoms with Gasteiger partial charge in [0.2, 0.25) is 0 Å². The molecule has 0 rings (SSSR count). The standard InChI is InChI=1S/C89H150O17P2/c1-5-9-13-17-21-25-29-33-36-39-41-44-46-50-53-57-61-65-69-73-86(91)99-79-84(105-88(93)75-71-67-63-59-55-49-32-28-24-20-16-12-8-4)81-103-107(95,96)101-77-83(90)78-102-108(97,98)104-82-85(106-89(94)76-72-68-64-60-56-52-48-43-38-35-31-27-23-19-15-11-7-3)80-100-87(92)74-70-66-62-58-54-51-47-45-42-40-37-34-30-26-22-18-14-10-6-2/h11,15-16,20-23,25-28,32-38,41-42,44-45,48,52,83-85,90H,5-10,12-14,17-19,24,29-31,39-40,43,46-47,49-51,53-82H2,1-4H3,(H,95,96)(H,97,98)/b15-11-,20-16-,25-21-,26-22-,27-23-,32-28-,36-33-,37-34-,38-35-,44-41-,45-42-,52-48-. The Kier molecular flexibility index (Phi) is 76.3. The molecule has 3 N–H and O–H groups in total. The lowest BCUT2D eigenvalue weighted by molar-refractivity contribution is -0.161.